The number of hydrogen-bond acceptors (Lipinski definition) is 0. The van der Waals surface area contributed by atoms with Crippen LogP contribution in [0, 0.1) is 0 Å². The van der Waals surface area contributed by atoms with Gasteiger partial charge in [-0.05, 0) is 27.7 Å². The fourth-order valence-electron chi connectivity index (χ4n) is 0.359. The molecule has 0 aromatic rings. The van der Waals surface area contributed by atoms with Crippen LogP contribution in [0.15, 0.2) is 36.5 Å². The Morgan fingerprint density at radius 2 is 1.20 bits per heavy atom. The quantitative estimate of drug-likeness (QED) is 0.349. The van der Waals surface area contributed by atoms with Crippen LogP contribution < -0.4 is 0 Å². The lowest BCUT2D eigenvalue weighted by atomic mass is 10.3. The summed E-state index contributed by atoms with van der Waals surface area (Å²) in [6.45, 7) is 19.4. The maximum Gasteiger partial charge on any atom is -0.0401 e. The molecular formula is C15H34. The lowest BCUT2D eigenvalue weighted by molar-refractivity contribution is 1.46. The lowest BCUT2D eigenvalue weighted by Crippen LogP contribution is -1.60. The topological polar surface area (TPSA) is 0 Å². The first-order valence-corrected chi connectivity index (χ1v) is 5.55. The van der Waals surface area contributed by atoms with Crippen molar-refractivity contribution >= 4 is 0 Å². The maximum absolute atomic E-state index is 3.36. The molecule has 0 heteroatoms. The fraction of sp³-hybridized carbons (Fsp3) is 0.600. The second kappa shape index (κ2) is 51.0. The van der Waals surface area contributed by atoms with Crippen molar-refractivity contribution in [1.29, 1.82) is 0 Å². The van der Waals surface area contributed by atoms with E-state index in [1.165, 1.54) is 5.57 Å². The van der Waals surface area contributed by atoms with E-state index in [2.05, 4.69) is 25.7 Å². The predicted octanol–water partition coefficient (Wildman–Crippen LogP) is 6.41. The fourth-order valence-corrected chi connectivity index (χ4v) is 0.359. The molecule has 0 aliphatic rings. The summed E-state index contributed by atoms with van der Waals surface area (Å²) in [5.74, 6) is 0. The minimum absolute atomic E-state index is 0. The predicted molar refractivity (Wildman–Crippen MR) is 79.5 cm³/mol. The summed E-state index contributed by atoms with van der Waals surface area (Å²) < 4.78 is 0. The van der Waals surface area contributed by atoms with Gasteiger partial charge in [-0.3, -0.25) is 0 Å². The summed E-state index contributed by atoms with van der Waals surface area (Å²) in [4.78, 5) is 0. The van der Waals surface area contributed by atoms with Gasteiger partial charge in [0.1, 0.15) is 0 Å². The van der Waals surface area contributed by atoms with E-state index < -0.39 is 0 Å². The normalized spacial score (nSPS) is 7.87. The van der Waals surface area contributed by atoms with Crippen LogP contribution in [0.1, 0.15) is 62.8 Å². The third-order valence-electron chi connectivity index (χ3n) is 0.885. The van der Waals surface area contributed by atoms with Crippen LogP contribution in [0.5, 0.6) is 0 Å². The van der Waals surface area contributed by atoms with Crippen LogP contribution in [0.25, 0.3) is 0 Å². The van der Waals surface area contributed by atoms with Crippen LogP contribution in [0.4, 0.5) is 0 Å². The first-order chi connectivity index (χ1) is 6.72. The van der Waals surface area contributed by atoms with E-state index in [1.54, 1.807) is 6.08 Å². The van der Waals surface area contributed by atoms with Crippen molar-refractivity contribution in [3.05, 3.63) is 36.5 Å². The average Bonchev–Trinajstić information content (AvgIpc) is 2.25. The molecule has 94 valence electrons. The van der Waals surface area contributed by atoms with Gasteiger partial charge in [0.05, 0.1) is 0 Å². The van der Waals surface area contributed by atoms with Gasteiger partial charge >= 0.3 is 0 Å². The van der Waals surface area contributed by atoms with E-state index in [0.717, 1.165) is 0 Å². The molecule has 0 heterocycles. The van der Waals surface area contributed by atoms with Crippen LogP contribution in [0.3, 0.4) is 0 Å². The van der Waals surface area contributed by atoms with E-state index >= 15 is 0 Å². The molecule has 0 fully saturated rings. The highest BCUT2D eigenvalue weighted by Gasteiger charge is 1.69. The molecule has 0 aromatic carbocycles. The summed E-state index contributed by atoms with van der Waals surface area (Å²) >= 11 is 0. The molecule has 0 bridgehead atoms. The molecule has 0 aromatic heterocycles. The molecule has 0 aliphatic carbocycles. The number of rotatable bonds is 1. The molecule has 0 nitrogen and oxygen atoms in total. The van der Waals surface area contributed by atoms with Crippen molar-refractivity contribution < 1.29 is 0 Å². The standard InChI is InChI=1S/C7H12.C3H6.2C2H6.CH4/c1-4-6-7(3)5-2;1-3-2;2*1-2;/h4-6H,1-3H3;3H,1H2,2H3;2*1-2H3;1H4/b6-4-,7-5-;;;;. The second-order valence-corrected chi connectivity index (χ2v) is 1.94. The molecule has 0 N–H and O–H groups in total. The van der Waals surface area contributed by atoms with Gasteiger partial charge in [0.2, 0.25) is 0 Å². The van der Waals surface area contributed by atoms with Gasteiger partial charge in [0.25, 0.3) is 0 Å². The van der Waals surface area contributed by atoms with Gasteiger partial charge in [-0.15, -0.1) is 6.58 Å². The molecular weight excluding hydrogens is 180 g/mol. The molecule has 0 radical (unpaired) electrons. The first-order valence-electron chi connectivity index (χ1n) is 5.55. The summed E-state index contributed by atoms with van der Waals surface area (Å²) in [6.07, 6.45) is 7.95. The summed E-state index contributed by atoms with van der Waals surface area (Å²) in [6, 6.07) is 0. The van der Waals surface area contributed by atoms with Gasteiger partial charge in [-0.25, -0.2) is 0 Å². The van der Waals surface area contributed by atoms with Gasteiger partial charge < -0.3 is 0 Å². The molecule has 0 aliphatic heterocycles. The minimum atomic E-state index is 0. The van der Waals surface area contributed by atoms with Gasteiger partial charge in [0, 0.05) is 0 Å². The second-order valence-electron chi connectivity index (χ2n) is 1.94. The monoisotopic (exact) mass is 214 g/mol. The summed E-state index contributed by atoms with van der Waals surface area (Å²) in [5, 5.41) is 0. The molecule has 0 amide bonds. The first kappa shape index (κ1) is 29.2. The van der Waals surface area contributed by atoms with Crippen LogP contribution >= 0.6 is 0 Å². The average molecular weight is 214 g/mol. The molecule has 0 saturated heterocycles. The highest BCUT2D eigenvalue weighted by atomic mass is 13.8. The molecule has 0 unspecified atom stereocenters. The number of hydrogen-bond donors (Lipinski definition) is 0. The zero-order valence-electron chi connectivity index (χ0n) is 11.5. The van der Waals surface area contributed by atoms with Crippen molar-refractivity contribution in [3.8, 4) is 0 Å². The maximum atomic E-state index is 3.36. The zero-order valence-corrected chi connectivity index (χ0v) is 11.5. The van der Waals surface area contributed by atoms with Crippen LogP contribution in [-0.4, -0.2) is 0 Å². The Morgan fingerprint density at radius 3 is 1.27 bits per heavy atom. The third kappa shape index (κ3) is 93.5. The van der Waals surface area contributed by atoms with Gasteiger partial charge in [0.15, 0.2) is 0 Å². The summed E-state index contributed by atoms with van der Waals surface area (Å²) in [7, 11) is 0. The molecule has 0 saturated carbocycles. The number of allylic oxidation sites excluding steroid dienone is 5. The van der Waals surface area contributed by atoms with E-state index in [9.17, 15) is 0 Å². The smallest absolute Gasteiger partial charge is 0.0401 e. The zero-order chi connectivity index (χ0) is 12.4. The SMILES string of the molecule is C.C/C=C\C(C)=C/C.C=CC.CC.CC. The third-order valence-corrected chi connectivity index (χ3v) is 0.885. The Labute approximate surface area is 99.8 Å². The Morgan fingerprint density at radius 1 is 0.933 bits per heavy atom. The van der Waals surface area contributed by atoms with Gasteiger partial charge in [-0.2, -0.15) is 0 Å². The van der Waals surface area contributed by atoms with E-state index in [0.29, 0.717) is 0 Å². The molecule has 15 heavy (non-hydrogen) atoms. The Bertz CT molecular complexity index is 116. The largest absolute Gasteiger partial charge is 0.103 e. The van der Waals surface area contributed by atoms with Crippen molar-refractivity contribution in [2.45, 2.75) is 62.8 Å². The van der Waals surface area contributed by atoms with Crippen LogP contribution in [0.2, 0.25) is 0 Å². The minimum Gasteiger partial charge on any atom is -0.103 e. The van der Waals surface area contributed by atoms with Crippen LogP contribution in [-0.2, 0) is 0 Å². The summed E-state index contributed by atoms with van der Waals surface area (Å²) in [5.41, 5.74) is 1.32. The molecule has 0 atom stereocenters. The van der Waals surface area contributed by atoms with Gasteiger partial charge in [-0.1, -0.05) is 65.0 Å². The molecule has 0 rings (SSSR count). The highest BCUT2D eigenvalue weighted by molar-refractivity contribution is 5.13. The van der Waals surface area contributed by atoms with E-state index in [4.69, 9.17) is 0 Å². The van der Waals surface area contributed by atoms with Crippen molar-refractivity contribution in [2.75, 3.05) is 0 Å². The highest BCUT2D eigenvalue weighted by Crippen LogP contribution is 1.91. The Hall–Kier alpha value is -0.780. The Kier molecular flexibility index (Phi) is 99.4. The van der Waals surface area contributed by atoms with Crippen molar-refractivity contribution in [2.24, 2.45) is 0 Å². The van der Waals surface area contributed by atoms with Crippen molar-refractivity contribution in [1.82, 2.24) is 0 Å². The van der Waals surface area contributed by atoms with E-state index in [1.807, 2.05) is 54.5 Å². The van der Waals surface area contributed by atoms with E-state index in [-0.39, 0.29) is 7.43 Å². The van der Waals surface area contributed by atoms with Crippen molar-refractivity contribution in [3.63, 3.8) is 0 Å². The lowest BCUT2D eigenvalue weighted by Gasteiger charge is -1.81. The molecule has 0 spiro atoms. The Balaban J connectivity index is -0.0000000357.